The Labute approximate surface area is 102 Å². The molecule has 2 amide bonds. The van der Waals surface area contributed by atoms with Gasteiger partial charge in [-0.15, -0.1) is 0 Å². The molecule has 0 unspecified atom stereocenters. The number of carbonyl (C=O) groups is 1. The first-order valence-electron chi connectivity index (χ1n) is 5.75. The Morgan fingerprint density at radius 2 is 2.18 bits per heavy atom. The monoisotopic (exact) mass is 236 g/mol. The molecule has 2 N–H and O–H groups in total. The van der Waals surface area contributed by atoms with E-state index in [0.29, 0.717) is 6.54 Å². The summed E-state index contributed by atoms with van der Waals surface area (Å²) in [5.74, 6) is 0. The molecule has 0 aliphatic carbocycles. The van der Waals surface area contributed by atoms with Crippen molar-refractivity contribution in [2.45, 2.75) is 6.42 Å². The van der Waals surface area contributed by atoms with Crippen LogP contribution in [0.1, 0.15) is 5.56 Å². The van der Waals surface area contributed by atoms with E-state index in [0.717, 1.165) is 19.5 Å². The van der Waals surface area contributed by atoms with Crippen LogP contribution in [0.2, 0.25) is 0 Å². The number of urea groups is 1. The van der Waals surface area contributed by atoms with Gasteiger partial charge >= 0.3 is 6.03 Å². The fourth-order valence-corrected chi connectivity index (χ4v) is 1.32. The van der Waals surface area contributed by atoms with Crippen LogP contribution in [0.4, 0.5) is 4.79 Å². The summed E-state index contributed by atoms with van der Waals surface area (Å²) >= 11 is 0. The Hall–Kier alpha value is -1.62. The highest BCUT2D eigenvalue weighted by Gasteiger charge is 2.00. The predicted octanol–water partition coefficient (Wildman–Crippen LogP) is 0.485. The average molecular weight is 236 g/mol. The van der Waals surface area contributed by atoms with Gasteiger partial charge < -0.3 is 15.5 Å². The van der Waals surface area contributed by atoms with Gasteiger partial charge in [-0.1, -0.05) is 6.07 Å². The summed E-state index contributed by atoms with van der Waals surface area (Å²) in [5.41, 5.74) is 1.22. The summed E-state index contributed by atoms with van der Waals surface area (Å²) in [6, 6.07) is 3.94. The van der Waals surface area contributed by atoms with E-state index in [4.69, 9.17) is 0 Å². The van der Waals surface area contributed by atoms with Gasteiger partial charge in [0.15, 0.2) is 0 Å². The molecule has 1 rings (SSSR count). The van der Waals surface area contributed by atoms with Crippen molar-refractivity contribution in [3.8, 4) is 0 Å². The van der Waals surface area contributed by atoms with Gasteiger partial charge in [0.25, 0.3) is 0 Å². The molecule has 0 radical (unpaired) electrons. The topological polar surface area (TPSA) is 57.3 Å². The third-order valence-corrected chi connectivity index (χ3v) is 2.30. The Morgan fingerprint density at radius 1 is 1.35 bits per heavy atom. The minimum absolute atomic E-state index is 0.0564. The lowest BCUT2D eigenvalue weighted by Crippen LogP contribution is -2.38. The zero-order chi connectivity index (χ0) is 12.5. The first-order valence-corrected chi connectivity index (χ1v) is 5.75. The highest BCUT2D eigenvalue weighted by molar-refractivity contribution is 5.73. The standard InChI is InChI=1S/C12H20N4O/c1-16(2)12(17)15-9-8-13-7-5-11-4-3-6-14-10-11/h3-4,6,10,13H,5,7-9H2,1-2H3,(H,15,17). The molecule has 0 saturated heterocycles. The largest absolute Gasteiger partial charge is 0.337 e. The van der Waals surface area contributed by atoms with Crippen LogP contribution >= 0.6 is 0 Å². The molecule has 1 heterocycles. The minimum atomic E-state index is -0.0564. The number of nitrogens with one attached hydrogen (secondary N) is 2. The van der Waals surface area contributed by atoms with Crippen LogP contribution in [0.25, 0.3) is 0 Å². The van der Waals surface area contributed by atoms with Crippen molar-refractivity contribution in [1.82, 2.24) is 20.5 Å². The van der Waals surface area contributed by atoms with Crippen LogP contribution in [0.15, 0.2) is 24.5 Å². The van der Waals surface area contributed by atoms with Crippen molar-refractivity contribution in [2.75, 3.05) is 33.7 Å². The fraction of sp³-hybridized carbons (Fsp3) is 0.500. The van der Waals surface area contributed by atoms with E-state index in [1.54, 1.807) is 20.3 Å². The average Bonchev–Trinajstić information content (AvgIpc) is 2.34. The number of aromatic nitrogens is 1. The van der Waals surface area contributed by atoms with Crippen molar-refractivity contribution in [3.05, 3.63) is 30.1 Å². The lowest BCUT2D eigenvalue weighted by molar-refractivity contribution is 0.217. The molecule has 5 nitrogen and oxygen atoms in total. The number of hydrogen-bond acceptors (Lipinski definition) is 3. The van der Waals surface area contributed by atoms with Crippen LogP contribution in [-0.4, -0.2) is 49.6 Å². The van der Waals surface area contributed by atoms with Gasteiger partial charge in [0.1, 0.15) is 0 Å². The summed E-state index contributed by atoms with van der Waals surface area (Å²) in [6.07, 6.45) is 4.60. The molecule has 17 heavy (non-hydrogen) atoms. The van der Waals surface area contributed by atoms with E-state index in [-0.39, 0.29) is 6.03 Å². The zero-order valence-electron chi connectivity index (χ0n) is 10.4. The third-order valence-electron chi connectivity index (χ3n) is 2.30. The number of nitrogens with zero attached hydrogens (tertiary/aromatic N) is 2. The van der Waals surface area contributed by atoms with Crippen LogP contribution in [-0.2, 0) is 6.42 Å². The molecular formula is C12H20N4O. The van der Waals surface area contributed by atoms with Gasteiger partial charge in [-0.2, -0.15) is 0 Å². The molecule has 0 atom stereocenters. The summed E-state index contributed by atoms with van der Waals surface area (Å²) < 4.78 is 0. The van der Waals surface area contributed by atoms with E-state index in [9.17, 15) is 4.79 Å². The maximum absolute atomic E-state index is 11.2. The number of amides is 2. The second kappa shape index (κ2) is 7.62. The smallest absolute Gasteiger partial charge is 0.316 e. The maximum atomic E-state index is 11.2. The van der Waals surface area contributed by atoms with Crippen molar-refractivity contribution in [3.63, 3.8) is 0 Å². The SMILES string of the molecule is CN(C)C(=O)NCCNCCc1cccnc1. The molecule has 0 spiro atoms. The first-order chi connectivity index (χ1) is 8.20. The molecular weight excluding hydrogens is 216 g/mol. The van der Waals surface area contributed by atoms with Crippen LogP contribution < -0.4 is 10.6 Å². The van der Waals surface area contributed by atoms with Gasteiger partial charge in [-0.25, -0.2) is 4.79 Å². The Balaban J connectivity index is 2.00. The summed E-state index contributed by atoms with van der Waals surface area (Å²) in [7, 11) is 3.45. The number of pyridine rings is 1. The van der Waals surface area contributed by atoms with E-state index in [1.807, 2.05) is 12.3 Å². The lowest BCUT2D eigenvalue weighted by atomic mass is 10.2. The molecule has 0 saturated carbocycles. The van der Waals surface area contributed by atoms with Gasteiger partial charge in [0.05, 0.1) is 0 Å². The zero-order valence-corrected chi connectivity index (χ0v) is 10.4. The Bertz CT molecular complexity index is 327. The third kappa shape index (κ3) is 5.87. The second-order valence-corrected chi connectivity index (χ2v) is 3.99. The second-order valence-electron chi connectivity index (χ2n) is 3.99. The van der Waals surface area contributed by atoms with Crippen molar-refractivity contribution >= 4 is 6.03 Å². The molecule has 0 fully saturated rings. The highest BCUT2D eigenvalue weighted by Crippen LogP contribution is 1.94. The molecule has 94 valence electrons. The minimum Gasteiger partial charge on any atom is -0.337 e. The van der Waals surface area contributed by atoms with Gasteiger partial charge in [0, 0.05) is 39.6 Å². The van der Waals surface area contributed by atoms with Crippen molar-refractivity contribution < 1.29 is 4.79 Å². The number of hydrogen-bond donors (Lipinski definition) is 2. The van der Waals surface area contributed by atoms with Crippen molar-refractivity contribution in [1.29, 1.82) is 0 Å². The summed E-state index contributed by atoms with van der Waals surface area (Å²) in [5, 5.41) is 6.06. The van der Waals surface area contributed by atoms with Crippen LogP contribution in [0, 0.1) is 0 Å². The highest BCUT2D eigenvalue weighted by atomic mass is 16.2. The van der Waals surface area contributed by atoms with E-state index in [1.165, 1.54) is 10.5 Å². The molecule has 0 aliphatic heterocycles. The van der Waals surface area contributed by atoms with Crippen LogP contribution in [0.5, 0.6) is 0 Å². The molecule has 1 aromatic heterocycles. The molecule has 1 aromatic rings. The quantitative estimate of drug-likeness (QED) is 0.707. The van der Waals surface area contributed by atoms with Gasteiger partial charge in [0.2, 0.25) is 0 Å². The normalized spacial score (nSPS) is 10.0. The Morgan fingerprint density at radius 3 is 2.82 bits per heavy atom. The van der Waals surface area contributed by atoms with Crippen LogP contribution in [0.3, 0.4) is 0 Å². The first kappa shape index (κ1) is 13.4. The lowest BCUT2D eigenvalue weighted by Gasteiger charge is -2.12. The molecule has 0 bridgehead atoms. The molecule has 0 aliphatic rings. The van der Waals surface area contributed by atoms with Gasteiger partial charge in [-0.3, -0.25) is 4.98 Å². The van der Waals surface area contributed by atoms with Crippen molar-refractivity contribution in [2.24, 2.45) is 0 Å². The van der Waals surface area contributed by atoms with E-state index in [2.05, 4.69) is 21.7 Å². The maximum Gasteiger partial charge on any atom is 0.316 e. The molecule has 5 heteroatoms. The fourth-order valence-electron chi connectivity index (χ4n) is 1.32. The van der Waals surface area contributed by atoms with E-state index < -0.39 is 0 Å². The van der Waals surface area contributed by atoms with Gasteiger partial charge in [-0.05, 0) is 24.6 Å². The summed E-state index contributed by atoms with van der Waals surface area (Å²) in [6.45, 7) is 2.31. The van der Waals surface area contributed by atoms with E-state index >= 15 is 0 Å². The summed E-state index contributed by atoms with van der Waals surface area (Å²) in [4.78, 5) is 16.8. The Kier molecular flexibility index (Phi) is 6.03. The predicted molar refractivity (Wildman–Crippen MR) is 67.9 cm³/mol. The number of rotatable bonds is 6. The molecule has 0 aromatic carbocycles. The number of carbonyl (C=O) groups excluding carboxylic acids is 1.